The topological polar surface area (TPSA) is 20.2 Å². The molecule has 1 aromatic carbocycles. The van der Waals surface area contributed by atoms with E-state index in [-0.39, 0.29) is 0 Å². The van der Waals surface area contributed by atoms with Crippen LogP contribution < -0.4 is 0 Å². The first-order valence-corrected chi connectivity index (χ1v) is 5.02. The quantitative estimate of drug-likeness (QED) is 0.684. The SMILES string of the molecule is CCCCCCc1cc[c]cc1O. The van der Waals surface area contributed by atoms with E-state index in [1.54, 1.807) is 6.07 Å². The van der Waals surface area contributed by atoms with Crippen LogP contribution in [-0.2, 0) is 6.42 Å². The van der Waals surface area contributed by atoms with Gasteiger partial charge in [-0.2, -0.15) is 0 Å². The molecule has 1 nitrogen and oxygen atoms in total. The van der Waals surface area contributed by atoms with Crippen molar-refractivity contribution < 1.29 is 5.11 Å². The molecule has 0 aliphatic rings. The van der Waals surface area contributed by atoms with Crippen molar-refractivity contribution in [2.24, 2.45) is 0 Å². The maximum Gasteiger partial charge on any atom is 0.119 e. The first kappa shape index (κ1) is 10.1. The maximum absolute atomic E-state index is 9.44. The normalized spacial score (nSPS) is 10.2. The van der Waals surface area contributed by atoms with Crippen LogP contribution in [-0.4, -0.2) is 5.11 Å². The number of hydrogen-bond acceptors (Lipinski definition) is 1. The van der Waals surface area contributed by atoms with Crippen molar-refractivity contribution in [3.63, 3.8) is 0 Å². The minimum Gasteiger partial charge on any atom is -0.508 e. The van der Waals surface area contributed by atoms with E-state index in [1.165, 1.54) is 25.7 Å². The van der Waals surface area contributed by atoms with E-state index in [4.69, 9.17) is 0 Å². The van der Waals surface area contributed by atoms with Gasteiger partial charge < -0.3 is 5.11 Å². The lowest BCUT2D eigenvalue weighted by molar-refractivity contribution is 0.466. The molecule has 1 heteroatoms. The van der Waals surface area contributed by atoms with Gasteiger partial charge in [-0.15, -0.1) is 0 Å². The Kier molecular flexibility index (Phi) is 4.37. The molecule has 0 saturated heterocycles. The molecule has 0 spiro atoms. The molecule has 0 saturated carbocycles. The number of phenols is 1. The standard InChI is InChI=1S/C12H17O/c1-2-3-4-5-8-11-9-6-7-10-12(11)13/h6,9-10,13H,2-5,8H2,1H3. The Labute approximate surface area is 80.4 Å². The summed E-state index contributed by atoms with van der Waals surface area (Å²) >= 11 is 0. The Bertz CT molecular complexity index is 243. The smallest absolute Gasteiger partial charge is 0.119 e. The minimum absolute atomic E-state index is 0.388. The third-order valence-corrected chi connectivity index (χ3v) is 2.23. The summed E-state index contributed by atoms with van der Waals surface area (Å²) in [6.45, 7) is 2.20. The lowest BCUT2D eigenvalue weighted by atomic mass is 10.1. The summed E-state index contributed by atoms with van der Waals surface area (Å²) in [5, 5.41) is 9.44. The average Bonchev–Trinajstić information content (AvgIpc) is 2.15. The van der Waals surface area contributed by atoms with Crippen LogP contribution in [0.15, 0.2) is 18.2 Å². The molecule has 1 aromatic rings. The van der Waals surface area contributed by atoms with E-state index >= 15 is 0 Å². The van der Waals surface area contributed by atoms with Crippen molar-refractivity contribution >= 4 is 0 Å². The van der Waals surface area contributed by atoms with Gasteiger partial charge in [0.25, 0.3) is 0 Å². The summed E-state index contributed by atoms with van der Waals surface area (Å²) in [7, 11) is 0. The molecule has 1 N–H and O–H groups in total. The van der Waals surface area contributed by atoms with Gasteiger partial charge in [-0.3, -0.25) is 0 Å². The first-order valence-electron chi connectivity index (χ1n) is 5.02. The molecular formula is C12H17O. The summed E-state index contributed by atoms with van der Waals surface area (Å²) in [5.41, 5.74) is 1.05. The Morgan fingerprint density at radius 1 is 1.31 bits per heavy atom. The van der Waals surface area contributed by atoms with Crippen LogP contribution in [0.3, 0.4) is 0 Å². The highest BCUT2D eigenvalue weighted by Gasteiger charge is 1.98. The molecule has 1 rings (SSSR count). The van der Waals surface area contributed by atoms with Gasteiger partial charge in [0.05, 0.1) is 0 Å². The Hall–Kier alpha value is -0.980. The van der Waals surface area contributed by atoms with Crippen LogP contribution in [0.1, 0.15) is 38.2 Å². The molecule has 1 radical (unpaired) electrons. The Morgan fingerprint density at radius 2 is 2.15 bits per heavy atom. The third-order valence-electron chi connectivity index (χ3n) is 2.23. The van der Waals surface area contributed by atoms with E-state index < -0.39 is 0 Å². The maximum atomic E-state index is 9.44. The molecule has 0 amide bonds. The molecule has 0 bridgehead atoms. The van der Waals surface area contributed by atoms with Gasteiger partial charge in [0, 0.05) is 0 Å². The van der Waals surface area contributed by atoms with E-state index in [2.05, 4.69) is 13.0 Å². The van der Waals surface area contributed by atoms with Crippen LogP contribution in [0.5, 0.6) is 5.75 Å². The van der Waals surface area contributed by atoms with Crippen molar-refractivity contribution in [3.8, 4) is 5.75 Å². The molecular weight excluding hydrogens is 160 g/mol. The molecule has 0 aliphatic heterocycles. The van der Waals surface area contributed by atoms with Gasteiger partial charge in [0.15, 0.2) is 0 Å². The largest absolute Gasteiger partial charge is 0.508 e. The average molecular weight is 177 g/mol. The molecule has 0 atom stereocenters. The van der Waals surface area contributed by atoms with Crippen molar-refractivity contribution in [2.75, 3.05) is 0 Å². The second-order valence-electron chi connectivity index (χ2n) is 3.37. The van der Waals surface area contributed by atoms with Crippen LogP contribution in [0.4, 0.5) is 0 Å². The zero-order valence-electron chi connectivity index (χ0n) is 8.21. The highest BCUT2D eigenvalue weighted by atomic mass is 16.3. The van der Waals surface area contributed by atoms with Crippen LogP contribution in [0.25, 0.3) is 0 Å². The van der Waals surface area contributed by atoms with Crippen LogP contribution in [0, 0.1) is 6.07 Å². The molecule has 13 heavy (non-hydrogen) atoms. The number of unbranched alkanes of at least 4 members (excludes halogenated alkanes) is 3. The summed E-state index contributed by atoms with van der Waals surface area (Å²) in [5.74, 6) is 0.388. The molecule has 0 fully saturated rings. The zero-order chi connectivity index (χ0) is 9.52. The molecule has 0 aromatic heterocycles. The number of hydrogen-bond donors (Lipinski definition) is 1. The number of aromatic hydroxyl groups is 1. The van der Waals surface area contributed by atoms with E-state index in [9.17, 15) is 5.11 Å². The van der Waals surface area contributed by atoms with Gasteiger partial charge in [-0.1, -0.05) is 38.3 Å². The lowest BCUT2D eigenvalue weighted by Gasteiger charge is -2.02. The molecule has 0 unspecified atom stereocenters. The predicted octanol–water partition coefficient (Wildman–Crippen LogP) is 3.32. The molecule has 0 heterocycles. The fourth-order valence-electron chi connectivity index (χ4n) is 1.41. The van der Waals surface area contributed by atoms with Crippen molar-refractivity contribution in [1.82, 2.24) is 0 Å². The van der Waals surface area contributed by atoms with E-state index in [0.29, 0.717) is 5.75 Å². The highest BCUT2D eigenvalue weighted by molar-refractivity contribution is 5.31. The Balaban J connectivity index is 2.32. The van der Waals surface area contributed by atoms with E-state index in [0.717, 1.165) is 12.0 Å². The first-order chi connectivity index (χ1) is 6.34. The van der Waals surface area contributed by atoms with Gasteiger partial charge in [-0.05, 0) is 30.5 Å². The summed E-state index contributed by atoms with van der Waals surface area (Å²) in [6.07, 6.45) is 5.97. The van der Waals surface area contributed by atoms with Gasteiger partial charge in [-0.25, -0.2) is 0 Å². The summed E-state index contributed by atoms with van der Waals surface area (Å²) < 4.78 is 0. The predicted molar refractivity (Wildman–Crippen MR) is 54.8 cm³/mol. The number of rotatable bonds is 5. The Morgan fingerprint density at radius 3 is 2.85 bits per heavy atom. The summed E-state index contributed by atoms with van der Waals surface area (Å²) in [6, 6.07) is 8.29. The molecule has 0 aliphatic carbocycles. The van der Waals surface area contributed by atoms with E-state index in [1.807, 2.05) is 12.1 Å². The number of phenolic OH excluding ortho intramolecular Hbond substituents is 1. The highest BCUT2D eigenvalue weighted by Crippen LogP contribution is 2.17. The van der Waals surface area contributed by atoms with Gasteiger partial charge in [0.1, 0.15) is 5.75 Å². The van der Waals surface area contributed by atoms with Crippen LogP contribution in [0.2, 0.25) is 0 Å². The number of aryl methyl sites for hydroxylation is 1. The van der Waals surface area contributed by atoms with Crippen molar-refractivity contribution in [2.45, 2.75) is 39.0 Å². The molecule has 71 valence electrons. The van der Waals surface area contributed by atoms with Crippen molar-refractivity contribution in [3.05, 3.63) is 29.8 Å². The second-order valence-corrected chi connectivity index (χ2v) is 3.37. The second kappa shape index (κ2) is 5.63. The monoisotopic (exact) mass is 177 g/mol. The number of benzene rings is 1. The fourth-order valence-corrected chi connectivity index (χ4v) is 1.41. The lowest BCUT2D eigenvalue weighted by Crippen LogP contribution is -1.86. The zero-order valence-corrected chi connectivity index (χ0v) is 8.21. The fraction of sp³-hybridized carbons (Fsp3) is 0.500. The minimum atomic E-state index is 0.388. The van der Waals surface area contributed by atoms with Gasteiger partial charge >= 0.3 is 0 Å². The van der Waals surface area contributed by atoms with Crippen molar-refractivity contribution in [1.29, 1.82) is 0 Å². The third kappa shape index (κ3) is 3.49. The van der Waals surface area contributed by atoms with Gasteiger partial charge in [0.2, 0.25) is 0 Å². The summed E-state index contributed by atoms with van der Waals surface area (Å²) in [4.78, 5) is 0. The van der Waals surface area contributed by atoms with Crippen LogP contribution >= 0.6 is 0 Å².